The SMILES string of the molecule is CC1(C)CN(Cc2ccc(F)cc2)C(=O)c2c(O)c(=O)c(-c3ccccn3)cn21. The van der Waals surface area contributed by atoms with Crippen LogP contribution >= 0.6 is 0 Å². The van der Waals surface area contributed by atoms with Gasteiger partial charge in [-0.1, -0.05) is 18.2 Å². The van der Waals surface area contributed by atoms with Gasteiger partial charge in [0.15, 0.2) is 11.4 Å². The van der Waals surface area contributed by atoms with Crippen molar-refractivity contribution in [1.82, 2.24) is 14.5 Å². The Balaban J connectivity index is 1.80. The lowest BCUT2D eigenvalue weighted by Gasteiger charge is -2.41. The first-order valence-electron chi connectivity index (χ1n) is 9.22. The number of halogens is 1. The van der Waals surface area contributed by atoms with Gasteiger partial charge < -0.3 is 14.6 Å². The van der Waals surface area contributed by atoms with Crippen molar-refractivity contribution >= 4 is 5.91 Å². The van der Waals surface area contributed by atoms with Gasteiger partial charge in [-0.15, -0.1) is 0 Å². The maximum Gasteiger partial charge on any atom is 0.274 e. The van der Waals surface area contributed by atoms with Crippen molar-refractivity contribution in [3.63, 3.8) is 0 Å². The third-order valence-corrected chi connectivity index (χ3v) is 5.13. The molecular weight excluding hydrogens is 373 g/mol. The van der Waals surface area contributed by atoms with Gasteiger partial charge in [0.05, 0.1) is 16.8 Å². The average Bonchev–Trinajstić information content (AvgIpc) is 2.70. The topological polar surface area (TPSA) is 75.4 Å². The van der Waals surface area contributed by atoms with Crippen molar-refractivity contribution in [2.75, 3.05) is 6.54 Å². The van der Waals surface area contributed by atoms with E-state index in [1.165, 1.54) is 12.1 Å². The van der Waals surface area contributed by atoms with Gasteiger partial charge in [-0.05, 0) is 43.7 Å². The lowest BCUT2D eigenvalue weighted by atomic mass is 9.96. The van der Waals surface area contributed by atoms with Crippen LogP contribution in [-0.2, 0) is 12.1 Å². The number of carbonyl (C=O) groups is 1. The van der Waals surface area contributed by atoms with Crippen molar-refractivity contribution in [2.45, 2.75) is 25.9 Å². The van der Waals surface area contributed by atoms with E-state index in [4.69, 9.17) is 0 Å². The van der Waals surface area contributed by atoms with Crippen molar-refractivity contribution in [3.8, 4) is 17.0 Å². The second kappa shape index (κ2) is 6.84. The minimum Gasteiger partial charge on any atom is -0.503 e. The minimum absolute atomic E-state index is 0.0481. The molecule has 7 heteroatoms. The zero-order chi connectivity index (χ0) is 20.8. The van der Waals surface area contributed by atoms with Crippen molar-refractivity contribution in [2.24, 2.45) is 0 Å². The summed E-state index contributed by atoms with van der Waals surface area (Å²) in [6.45, 7) is 4.46. The first-order valence-corrected chi connectivity index (χ1v) is 9.22. The Kier molecular flexibility index (Phi) is 4.45. The molecule has 1 aromatic carbocycles. The van der Waals surface area contributed by atoms with E-state index in [9.17, 15) is 19.1 Å². The summed E-state index contributed by atoms with van der Waals surface area (Å²) in [5, 5.41) is 10.7. The van der Waals surface area contributed by atoms with Crippen LogP contribution in [-0.4, -0.2) is 32.0 Å². The summed E-state index contributed by atoms with van der Waals surface area (Å²) >= 11 is 0. The fourth-order valence-electron chi connectivity index (χ4n) is 3.69. The molecule has 0 aliphatic carbocycles. The second-order valence-corrected chi connectivity index (χ2v) is 7.75. The highest BCUT2D eigenvalue weighted by molar-refractivity contribution is 5.96. The minimum atomic E-state index is -0.636. The van der Waals surface area contributed by atoms with Crippen LogP contribution in [0.3, 0.4) is 0 Å². The third kappa shape index (κ3) is 3.29. The quantitative estimate of drug-likeness (QED) is 0.742. The Labute approximate surface area is 166 Å². The number of rotatable bonds is 3. The van der Waals surface area contributed by atoms with E-state index in [-0.39, 0.29) is 23.6 Å². The fourth-order valence-corrected chi connectivity index (χ4v) is 3.69. The normalized spacial score (nSPS) is 15.3. The van der Waals surface area contributed by atoms with Crippen LogP contribution in [0, 0.1) is 5.82 Å². The number of aromatic nitrogens is 2. The number of amides is 1. The molecular formula is C22H20FN3O3. The van der Waals surface area contributed by atoms with Crippen LogP contribution in [0.4, 0.5) is 4.39 Å². The Morgan fingerprint density at radius 3 is 2.52 bits per heavy atom. The van der Waals surface area contributed by atoms with Gasteiger partial charge in [-0.3, -0.25) is 14.6 Å². The molecule has 0 bridgehead atoms. The molecule has 0 radical (unpaired) electrons. The number of nitrogens with zero attached hydrogens (tertiary/aromatic N) is 3. The van der Waals surface area contributed by atoms with Gasteiger partial charge in [-0.25, -0.2) is 4.39 Å². The van der Waals surface area contributed by atoms with Crippen LogP contribution < -0.4 is 5.43 Å². The highest BCUT2D eigenvalue weighted by Crippen LogP contribution is 2.32. The van der Waals surface area contributed by atoms with Gasteiger partial charge in [0.1, 0.15) is 5.82 Å². The summed E-state index contributed by atoms with van der Waals surface area (Å²) in [5.74, 6) is -1.39. The van der Waals surface area contributed by atoms with Crippen molar-refractivity contribution in [3.05, 3.63) is 82.2 Å². The summed E-state index contributed by atoms with van der Waals surface area (Å²) in [6.07, 6.45) is 3.16. The summed E-state index contributed by atoms with van der Waals surface area (Å²) < 4.78 is 14.8. The van der Waals surface area contributed by atoms with Crippen LogP contribution in [0.15, 0.2) is 59.7 Å². The predicted molar refractivity (Wildman–Crippen MR) is 106 cm³/mol. The van der Waals surface area contributed by atoms with Crippen molar-refractivity contribution in [1.29, 1.82) is 0 Å². The predicted octanol–water partition coefficient (Wildman–Crippen LogP) is 3.15. The van der Waals surface area contributed by atoms with E-state index in [2.05, 4.69) is 4.98 Å². The van der Waals surface area contributed by atoms with E-state index < -0.39 is 22.6 Å². The van der Waals surface area contributed by atoms with Gasteiger partial charge >= 0.3 is 0 Å². The molecule has 0 saturated carbocycles. The molecule has 0 atom stereocenters. The first-order chi connectivity index (χ1) is 13.8. The Morgan fingerprint density at radius 1 is 1.14 bits per heavy atom. The number of pyridine rings is 2. The molecule has 6 nitrogen and oxygen atoms in total. The van der Waals surface area contributed by atoms with Gasteiger partial charge in [0.2, 0.25) is 5.43 Å². The molecule has 1 N–H and O–H groups in total. The average molecular weight is 393 g/mol. The Bertz CT molecular complexity index is 1140. The Hall–Kier alpha value is -3.48. The lowest BCUT2D eigenvalue weighted by Crippen LogP contribution is -2.51. The number of fused-ring (bicyclic) bond motifs is 1. The van der Waals surface area contributed by atoms with E-state index in [0.717, 1.165) is 5.56 Å². The molecule has 0 saturated heterocycles. The van der Waals surface area contributed by atoms with Crippen LogP contribution in [0.25, 0.3) is 11.3 Å². The summed E-state index contributed by atoms with van der Waals surface area (Å²) in [6, 6.07) is 11.1. The third-order valence-electron chi connectivity index (χ3n) is 5.13. The maximum atomic E-state index is 13.2. The van der Waals surface area contributed by atoms with Crippen LogP contribution in [0.1, 0.15) is 29.9 Å². The summed E-state index contributed by atoms with van der Waals surface area (Å²) in [4.78, 5) is 31.6. The molecule has 4 rings (SSSR count). The number of hydrogen-bond acceptors (Lipinski definition) is 4. The molecule has 1 amide bonds. The molecule has 1 aliphatic heterocycles. The molecule has 0 spiro atoms. The summed E-state index contributed by atoms with van der Waals surface area (Å²) in [5.41, 5.74) is 0.157. The second-order valence-electron chi connectivity index (χ2n) is 7.75. The number of hydrogen-bond donors (Lipinski definition) is 1. The lowest BCUT2D eigenvalue weighted by molar-refractivity contribution is 0.0567. The molecule has 1 aliphatic rings. The van der Waals surface area contributed by atoms with E-state index in [0.29, 0.717) is 12.2 Å². The smallest absolute Gasteiger partial charge is 0.274 e. The molecule has 0 unspecified atom stereocenters. The van der Waals surface area contributed by atoms with Crippen LogP contribution in [0.5, 0.6) is 5.75 Å². The summed E-state index contributed by atoms with van der Waals surface area (Å²) in [7, 11) is 0. The van der Waals surface area contributed by atoms with E-state index >= 15 is 0 Å². The van der Waals surface area contributed by atoms with Gasteiger partial charge in [0.25, 0.3) is 5.91 Å². The van der Waals surface area contributed by atoms with Gasteiger partial charge in [-0.2, -0.15) is 0 Å². The maximum absolute atomic E-state index is 13.2. The van der Waals surface area contributed by atoms with Crippen LogP contribution in [0.2, 0.25) is 0 Å². The van der Waals surface area contributed by atoms with E-state index in [1.54, 1.807) is 52.2 Å². The monoisotopic (exact) mass is 393 g/mol. The molecule has 29 heavy (non-hydrogen) atoms. The largest absolute Gasteiger partial charge is 0.503 e. The highest BCUT2D eigenvalue weighted by atomic mass is 19.1. The Morgan fingerprint density at radius 2 is 1.86 bits per heavy atom. The van der Waals surface area contributed by atoms with E-state index in [1.807, 2.05) is 13.8 Å². The zero-order valence-corrected chi connectivity index (χ0v) is 16.1. The number of benzene rings is 1. The molecule has 0 fully saturated rings. The number of aromatic hydroxyl groups is 1. The molecule has 3 aromatic rings. The zero-order valence-electron chi connectivity index (χ0n) is 16.1. The fraction of sp³-hybridized carbons (Fsp3) is 0.227. The number of carbonyl (C=O) groups excluding carboxylic acids is 1. The van der Waals surface area contributed by atoms with Gasteiger partial charge in [0, 0.05) is 25.5 Å². The van der Waals surface area contributed by atoms with Crippen molar-refractivity contribution < 1.29 is 14.3 Å². The molecule has 148 valence electrons. The standard InChI is InChI=1S/C22H20FN3O3/c1-22(2)13-25(11-14-6-8-15(23)9-7-14)21(29)18-20(28)19(27)16(12-26(18)22)17-5-3-4-10-24-17/h3-10,12,28H,11,13H2,1-2H3. The highest BCUT2D eigenvalue weighted by Gasteiger charge is 2.39. The molecule has 2 aromatic heterocycles. The molecule has 3 heterocycles. The first kappa shape index (κ1) is 18.9.